The summed E-state index contributed by atoms with van der Waals surface area (Å²) in [4.78, 5) is 0. The molecule has 1 radical (unpaired) electrons. The Hall–Kier alpha value is -0.520. The molecule has 0 saturated carbocycles. The quantitative estimate of drug-likeness (QED) is 0.245. The molecule has 145 valence electrons. The van der Waals surface area contributed by atoms with E-state index in [0.29, 0.717) is 5.92 Å². The molecular weight excluding hydrogens is 300 g/mol. The molecule has 25 heavy (non-hydrogen) atoms. The maximum Gasteiger partial charge on any atom is 0.00599 e. The van der Waals surface area contributed by atoms with Gasteiger partial charge in [0.15, 0.2) is 0 Å². The van der Waals surface area contributed by atoms with Crippen molar-refractivity contribution in [3.05, 3.63) is 22.8 Å². The van der Waals surface area contributed by atoms with Crippen molar-refractivity contribution in [1.29, 1.82) is 0 Å². The maximum absolute atomic E-state index is 4.01. The van der Waals surface area contributed by atoms with Crippen LogP contribution in [-0.2, 0) is 0 Å². The third kappa shape index (κ3) is 8.61. The predicted molar refractivity (Wildman–Crippen MR) is 114 cm³/mol. The summed E-state index contributed by atoms with van der Waals surface area (Å²) in [5.41, 5.74) is 5.21. The minimum absolute atomic E-state index is 0.664. The molecule has 0 amide bonds. The van der Waals surface area contributed by atoms with Gasteiger partial charge in [-0.05, 0) is 62.2 Å². The molecule has 0 spiro atoms. The summed E-state index contributed by atoms with van der Waals surface area (Å²) in [6.45, 7) is 9.28. The SMILES string of the molecule is CCCCCC1=[C]C(CCCCC)C(CCCCC)=C1CCCCC. The van der Waals surface area contributed by atoms with Crippen LogP contribution in [0.3, 0.4) is 0 Å². The summed E-state index contributed by atoms with van der Waals surface area (Å²) in [6.07, 6.45) is 25.7. The van der Waals surface area contributed by atoms with Crippen molar-refractivity contribution in [1.82, 2.24) is 0 Å². The molecule has 1 aliphatic rings. The van der Waals surface area contributed by atoms with Crippen molar-refractivity contribution in [3.8, 4) is 0 Å². The topological polar surface area (TPSA) is 0 Å². The van der Waals surface area contributed by atoms with Gasteiger partial charge in [0.05, 0.1) is 0 Å². The summed E-state index contributed by atoms with van der Waals surface area (Å²) < 4.78 is 0. The number of hydrogen-bond donors (Lipinski definition) is 0. The first-order valence-electron chi connectivity index (χ1n) is 11.6. The minimum Gasteiger partial charge on any atom is -0.0654 e. The van der Waals surface area contributed by atoms with Gasteiger partial charge < -0.3 is 0 Å². The van der Waals surface area contributed by atoms with Crippen LogP contribution < -0.4 is 0 Å². The van der Waals surface area contributed by atoms with E-state index >= 15 is 0 Å². The van der Waals surface area contributed by atoms with E-state index in [2.05, 4.69) is 33.8 Å². The van der Waals surface area contributed by atoms with Crippen LogP contribution in [0.5, 0.6) is 0 Å². The van der Waals surface area contributed by atoms with Crippen molar-refractivity contribution in [2.24, 2.45) is 5.92 Å². The second kappa shape index (κ2) is 14.6. The Morgan fingerprint density at radius 2 is 1.12 bits per heavy atom. The highest BCUT2D eigenvalue weighted by atomic mass is 14.3. The molecule has 0 aromatic rings. The molecule has 0 saturated heterocycles. The van der Waals surface area contributed by atoms with Gasteiger partial charge in [-0.3, -0.25) is 0 Å². The summed E-state index contributed by atoms with van der Waals surface area (Å²) in [7, 11) is 0. The van der Waals surface area contributed by atoms with Crippen molar-refractivity contribution in [2.45, 2.75) is 130 Å². The van der Waals surface area contributed by atoms with Gasteiger partial charge in [0.1, 0.15) is 0 Å². The van der Waals surface area contributed by atoms with E-state index in [4.69, 9.17) is 0 Å². The summed E-state index contributed by atoms with van der Waals surface area (Å²) in [5, 5.41) is 0. The molecule has 0 heterocycles. The molecule has 1 unspecified atom stereocenters. The number of unbranched alkanes of at least 4 members (excludes halogenated alkanes) is 8. The molecule has 0 fully saturated rings. The zero-order chi connectivity index (χ0) is 18.3. The number of hydrogen-bond acceptors (Lipinski definition) is 0. The average molecular weight is 346 g/mol. The fraction of sp³-hybridized carbons (Fsp3) is 0.840. The predicted octanol–water partition coefficient (Wildman–Crippen LogP) is 8.96. The largest absolute Gasteiger partial charge is 0.0654 e. The highest BCUT2D eigenvalue weighted by Crippen LogP contribution is 2.41. The van der Waals surface area contributed by atoms with Crippen LogP contribution in [0.2, 0.25) is 0 Å². The van der Waals surface area contributed by atoms with E-state index in [9.17, 15) is 0 Å². The average Bonchev–Trinajstić information content (AvgIpc) is 2.93. The van der Waals surface area contributed by atoms with E-state index < -0.39 is 0 Å². The summed E-state index contributed by atoms with van der Waals surface area (Å²) >= 11 is 0. The molecule has 0 nitrogen and oxygen atoms in total. The molecule has 0 aromatic heterocycles. The summed E-state index contributed by atoms with van der Waals surface area (Å²) in [6, 6.07) is 0. The van der Waals surface area contributed by atoms with Crippen LogP contribution in [0.1, 0.15) is 130 Å². The molecule has 0 N–H and O–H groups in total. The van der Waals surface area contributed by atoms with Crippen LogP contribution >= 0.6 is 0 Å². The van der Waals surface area contributed by atoms with Crippen LogP contribution in [0.15, 0.2) is 16.7 Å². The van der Waals surface area contributed by atoms with Crippen LogP contribution in [-0.4, -0.2) is 0 Å². The first-order valence-corrected chi connectivity index (χ1v) is 11.6. The van der Waals surface area contributed by atoms with E-state index in [1.807, 2.05) is 5.57 Å². The maximum atomic E-state index is 4.01. The lowest BCUT2D eigenvalue weighted by Gasteiger charge is -2.16. The standard InChI is InChI=1S/C25H45/c1-5-9-13-17-22-21-23(18-14-10-6-2)25(20-16-12-8-4)24(22)19-15-11-7-3/h22H,5-20H2,1-4H3. The fourth-order valence-electron chi connectivity index (χ4n) is 4.16. The van der Waals surface area contributed by atoms with Crippen LogP contribution in [0, 0.1) is 12.0 Å². The highest BCUT2D eigenvalue weighted by Gasteiger charge is 2.25. The Labute approximate surface area is 159 Å². The van der Waals surface area contributed by atoms with Gasteiger partial charge in [0, 0.05) is 5.92 Å². The van der Waals surface area contributed by atoms with E-state index in [1.54, 1.807) is 11.1 Å². The highest BCUT2D eigenvalue weighted by molar-refractivity contribution is 5.42. The number of rotatable bonds is 16. The first-order chi connectivity index (χ1) is 12.3. The van der Waals surface area contributed by atoms with Crippen molar-refractivity contribution < 1.29 is 0 Å². The Bertz CT molecular complexity index is 385. The lowest BCUT2D eigenvalue weighted by atomic mass is 9.88. The molecule has 1 aliphatic carbocycles. The smallest absolute Gasteiger partial charge is 0.00599 e. The van der Waals surface area contributed by atoms with E-state index in [0.717, 1.165) is 0 Å². The van der Waals surface area contributed by atoms with E-state index in [1.165, 1.54) is 103 Å². The van der Waals surface area contributed by atoms with Crippen molar-refractivity contribution in [2.75, 3.05) is 0 Å². The monoisotopic (exact) mass is 345 g/mol. The van der Waals surface area contributed by atoms with Gasteiger partial charge >= 0.3 is 0 Å². The van der Waals surface area contributed by atoms with Gasteiger partial charge in [-0.1, -0.05) is 91.1 Å². The second-order valence-corrected chi connectivity index (χ2v) is 8.05. The molecular formula is C25H45. The van der Waals surface area contributed by atoms with Crippen molar-refractivity contribution >= 4 is 0 Å². The lowest BCUT2D eigenvalue weighted by Crippen LogP contribution is -2.01. The Morgan fingerprint density at radius 1 is 0.600 bits per heavy atom. The Balaban J connectivity index is 2.84. The zero-order valence-electron chi connectivity index (χ0n) is 17.9. The van der Waals surface area contributed by atoms with Crippen LogP contribution in [0.25, 0.3) is 0 Å². The van der Waals surface area contributed by atoms with Crippen LogP contribution in [0.4, 0.5) is 0 Å². The molecule has 1 atom stereocenters. The minimum atomic E-state index is 0.664. The molecule has 0 bridgehead atoms. The van der Waals surface area contributed by atoms with Gasteiger partial charge in [0.25, 0.3) is 0 Å². The molecule has 0 aliphatic heterocycles. The zero-order valence-corrected chi connectivity index (χ0v) is 17.9. The van der Waals surface area contributed by atoms with E-state index in [-0.39, 0.29) is 0 Å². The molecule has 1 rings (SSSR count). The summed E-state index contributed by atoms with van der Waals surface area (Å²) in [5.74, 6) is 0.664. The molecule has 0 heteroatoms. The van der Waals surface area contributed by atoms with Gasteiger partial charge in [0.2, 0.25) is 0 Å². The Morgan fingerprint density at radius 3 is 1.72 bits per heavy atom. The third-order valence-corrected chi connectivity index (χ3v) is 5.73. The van der Waals surface area contributed by atoms with Gasteiger partial charge in [-0.15, -0.1) is 0 Å². The number of allylic oxidation sites excluding steroid dienone is 4. The Kier molecular flexibility index (Phi) is 13.2. The third-order valence-electron chi connectivity index (χ3n) is 5.73. The van der Waals surface area contributed by atoms with Gasteiger partial charge in [-0.2, -0.15) is 0 Å². The van der Waals surface area contributed by atoms with Crippen molar-refractivity contribution in [3.63, 3.8) is 0 Å². The molecule has 0 aromatic carbocycles. The fourth-order valence-corrected chi connectivity index (χ4v) is 4.16. The lowest BCUT2D eigenvalue weighted by molar-refractivity contribution is 0.559. The second-order valence-electron chi connectivity index (χ2n) is 8.05. The van der Waals surface area contributed by atoms with Gasteiger partial charge in [-0.25, -0.2) is 0 Å². The first kappa shape index (κ1) is 22.5. The normalized spacial score (nSPS) is 17.4.